The van der Waals surface area contributed by atoms with Gasteiger partial charge in [0, 0.05) is 13.2 Å². The fourth-order valence-electron chi connectivity index (χ4n) is 2.13. The van der Waals surface area contributed by atoms with E-state index >= 15 is 0 Å². The third-order valence-electron chi connectivity index (χ3n) is 3.21. The highest BCUT2D eigenvalue weighted by Crippen LogP contribution is 2.14. The van der Waals surface area contributed by atoms with Crippen LogP contribution in [-0.4, -0.2) is 24.4 Å². The highest BCUT2D eigenvalue weighted by atomic mass is 32.1. The SMILES string of the molecule is Cc1ccc(NNC(=S)NC[C@@H]2CCCO2)c(C)c1. The smallest absolute Gasteiger partial charge is 0.185 e. The quantitative estimate of drug-likeness (QED) is 0.583. The molecule has 0 amide bonds. The van der Waals surface area contributed by atoms with Crippen LogP contribution >= 0.6 is 12.2 Å². The van der Waals surface area contributed by atoms with Crippen LogP contribution < -0.4 is 16.2 Å². The largest absolute Gasteiger partial charge is 0.376 e. The molecule has 1 aliphatic heterocycles. The van der Waals surface area contributed by atoms with Gasteiger partial charge in [-0.15, -0.1) is 0 Å². The average Bonchev–Trinajstić information content (AvgIpc) is 2.88. The van der Waals surface area contributed by atoms with Gasteiger partial charge in [-0.05, 0) is 50.5 Å². The second-order valence-electron chi connectivity index (χ2n) is 4.91. The van der Waals surface area contributed by atoms with Crippen LogP contribution in [0.15, 0.2) is 18.2 Å². The van der Waals surface area contributed by atoms with Gasteiger partial charge in [-0.1, -0.05) is 17.7 Å². The fourth-order valence-corrected chi connectivity index (χ4v) is 2.27. The lowest BCUT2D eigenvalue weighted by atomic mass is 10.1. The summed E-state index contributed by atoms with van der Waals surface area (Å²) < 4.78 is 5.53. The number of rotatable bonds is 4. The van der Waals surface area contributed by atoms with E-state index in [9.17, 15) is 0 Å². The molecule has 0 aromatic heterocycles. The maximum atomic E-state index is 5.53. The van der Waals surface area contributed by atoms with Crippen molar-refractivity contribution in [1.29, 1.82) is 0 Å². The molecule has 2 rings (SSSR count). The molecule has 0 radical (unpaired) electrons. The van der Waals surface area contributed by atoms with Gasteiger partial charge in [-0.3, -0.25) is 10.9 Å². The maximum Gasteiger partial charge on any atom is 0.185 e. The number of anilines is 1. The zero-order valence-electron chi connectivity index (χ0n) is 11.5. The Morgan fingerprint density at radius 3 is 2.95 bits per heavy atom. The molecule has 1 aliphatic rings. The summed E-state index contributed by atoms with van der Waals surface area (Å²) in [5.41, 5.74) is 9.59. The molecule has 104 valence electrons. The molecule has 4 nitrogen and oxygen atoms in total. The molecule has 5 heteroatoms. The summed E-state index contributed by atoms with van der Waals surface area (Å²) in [7, 11) is 0. The number of hydrogen-bond donors (Lipinski definition) is 3. The molecule has 0 bridgehead atoms. The standard InChI is InChI=1S/C14H21N3OS/c1-10-5-6-13(11(2)8-10)16-17-14(19)15-9-12-4-3-7-18-12/h5-6,8,12,16H,3-4,7,9H2,1-2H3,(H2,15,17,19)/t12-/m0/s1. The van der Waals surface area contributed by atoms with Crippen molar-refractivity contribution in [2.45, 2.75) is 32.8 Å². The summed E-state index contributed by atoms with van der Waals surface area (Å²) in [5.74, 6) is 0. The van der Waals surface area contributed by atoms with E-state index in [-0.39, 0.29) is 0 Å². The first-order chi connectivity index (χ1) is 9.15. The van der Waals surface area contributed by atoms with Crippen molar-refractivity contribution in [1.82, 2.24) is 10.7 Å². The molecule has 3 N–H and O–H groups in total. The van der Waals surface area contributed by atoms with Crippen molar-refractivity contribution in [3.8, 4) is 0 Å². The first kappa shape index (κ1) is 14.1. The van der Waals surface area contributed by atoms with Gasteiger partial charge in [-0.25, -0.2) is 0 Å². The van der Waals surface area contributed by atoms with Crippen molar-refractivity contribution in [2.24, 2.45) is 0 Å². The van der Waals surface area contributed by atoms with Gasteiger partial charge in [-0.2, -0.15) is 0 Å². The Labute approximate surface area is 119 Å². The molecular weight excluding hydrogens is 258 g/mol. The zero-order chi connectivity index (χ0) is 13.7. The van der Waals surface area contributed by atoms with Gasteiger partial charge >= 0.3 is 0 Å². The van der Waals surface area contributed by atoms with Crippen molar-refractivity contribution in [3.63, 3.8) is 0 Å². The molecule has 1 atom stereocenters. The van der Waals surface area contributed by atoms with Gasteiger partial charge in [0.25, 0.3) is 0 Å². The van der Waals surface area contributed by atoms with Crippen LogP contribution in [0.1, 0.15) is 24.0 Å². The Bertz CT molecular complexity index is 444. The van der Waals surface area contributed by atoms with Crippen molar-refractivity contribution >= 4 is 23.0 Å². The molecule has 1 heterocycles. The highest BCUT2D eigenvalue weighted by Gasteiger charge is 2.15. The van der Waals surface area contributed by atoms with Gasteiger partial charge in [0.05, 0.1) is 11.8 Å². The third kappa shape index (κ3) is 4.36. The Balaban J connectivity index is 1.73. The second kappa shape index (κ2) is 6.73. The Hall–Kier alpha value is -1.33. The summed E-state index contributed by atoms with van der Waals surface area (Å²) in [6.45, 7) is 5.78. The lowest BCUT2D eigenvalue weighted by Gasteiger charge is -2.16. The first-order valence-corrected chi connectivity index (χ1v) is 7.04. The number of ether oxygens (including phenoxy) is 1. The average molecular weight is 279 g/mol. The first-order valence-electron chi connectivity index (χ1n) is 6.64. The van der Waals surface area contributed by atoms with E-state index in [0.29, 0.717) is 11.2 Å². The van der Waals surface area contributed by atoms with E-state index in [1.165, 1.54) is 11.1 Å². The lowest BCUT2D eigenvalue weighted by Crippen LogP contribution is -2.42. The highest BCUT2D eigenvalue weighted by molar-refractivity contribution is 7.80. The maximum absolute atomic E-state index is 5.53. The van der Waals surface area contributed by atoms with E-state index in [0.717, 1.165) is 31.7 Å². The van der Waals surface area contributed by atoms with Crippen LogP contribution in [0, 0.1) is 13.8 Å². The number of aryl methyl sites for hydroxylation is 2. The van der Waals surface area contributed by atoms with E-state index in [4.69, 9.17) is 17.0 Å². The van der Waals surface area contributed by atoms with Crippen LogP contribution in [-0.2, 0) is 4.74 Å². The molecule has 0 saturated carbocycles. The van der Waals surface area contributed by atoms with E-state index in [2.05, 4.69) is 42.1 Å². The fraction of sp³-hybridized carbons (Fsp3) is 0.500. The molecule has 1 fully saturated rings. The molecule has 0 spiro atoms. The van der Waals surface area contributed by atoms with Crippen LogP contribution in [0.5, 0.6) is 0 Å². The van der Waals surface area contributed by atoms with Crippen LogP contribution in [0.3, 0.4) is 0 Å². The molecule has 1 aromatic carbocycles. The minimum absolute atomic E-state index is 0.292. The molecule has 1 saturated heterocycles. The van der Waals surface area contributed by atoms with Gasteiger partial charge in [0.1, 0.15) is 0 Å². The number of benzene rings is 1. The predicted molar refractivity (Wildman–Crippen MR) is 82.2 cm³/mol. The monoisotopic (exact) mass is 279 g/mol. The number of hydrazine groups is 1. The molecule has 0 aliphatic carbocycles. The van der Waals surface area contributed by atoms with Crippen molar-refractivity contribution in [3.05, 3.63) is 29.3 Å². The van der Waals surface area contributed by atoms with Crippen molar-refractivity contribution < 1.29 is 4.74 Å². The predicted octanol–water partition coefficient (Wildman–Crippen LogP) is 2.27. The van der Waals surface area contributed by atoms with Crippen LogP contribution in [0.2, 0.25) is 0 Å². The van der Waals surface area contributed by atoms with E-state index in [1.54, 1.807) is 0 Å². The second-order valence-corrected chi connectivity index (χ2v) is 5.32. The molecule has 1 aromatic rings. The molecular formula is C14H21N3OS. The van der Waals surface area contributed by atoms with Gasteiger partial charge in [0.15, 0.2) is 5.11 Å². The molecule has 0 unspecified atom stereocenters. The summed E-state index contributed by atoms with van der Waals surface area (Å²) in [5, 5.41) is 3.75. The minimum Gasteiger partial charge on any atom is -0.376 e. The number of hydrogen-bond acceptors (Lipinski definition) is 3. The summed E-state index contributed by atoms with van der Waals surface area (Å²) in [6.07, 6.45) is 2.55. The third-order valence-corrected chi connectivity index (χ3v) is 3.45. The zero-order valence-corrected chi connectivity index (χ0v) is 12.3. The molecule has 19 heavy (non-hydrogen) atoms. The van der Waals surface area contributed by atoms with Gasteiger partial charge in [0.2, 0.25) is 0 Å². The number of nitrogens with one attached hydrogen (secondary N) is 3. The van der Waals surface area contributed by atoms with Gasteiger partial charge < -0.3 is 10.1 Å². The summed E-state index contributed by atoms with van der Waals surface area (Å²) >= 11 is 5.22. The van der Waals surface area contributed by atoms with E-state index < -0.39 is 0 Å². The summed E-state index contributed by atoms with van der Waals surface area (Å²) in [6, 6.07) is 6.24. The Morgan fingerprint density at radius 2 is 2.26 bits per heavy atom. The Morgan fingerprint density at radius 1 is 1.42 bits per heavy atom. The number of thiocarbonyl (C=S) groups is 1. The van der Waals surface area contributed by atoms with Crippen LogP contribution in [0.25, 0.3) is 0 Å². The summed E-state index contributed by atoms with van der Waals surface area (Å²) in [4.78, 5) is 0. The topological polar surface area (TPSA) is 45.3 Å². The normalized spacial score (nSPS) is 18.1. The van der Waals surface area contributed by atoms with Crippen molar-refractivity contribution in [2.75, 3.05) is 18.6 Å². The lowest BCUT2D eigenvalue weighted by molar-refractivity contribution is 0.114. The Kier molecular flexibility index (Phi) is 4.99. The minimum atomic E-state index is 0.292. The van der Waals surface area contributed by atoms with Crippen LogP contribution in [0.4, 0.5) is 5.69 Å². The van der Waals surface area contributed by atoms with E-state index in [1.807, 2.05) is 6.07 Å².